The first-order chi connectivity index (χ1) is 15.0. The molecule has 5 aromatic heterocycles. The SMILES string of the molecule is C=c1c(-c2cc3c(-c4ccc(F)s4)ccnc3[nH]2)n[nH]/c1=C/C=C(\C)c1cnn(C)c1. The fraction of sp³-hybridized carbons (Fsp3) is 0.0870. The molecule has 0 radical (unpaired) electrons. The maximum atomic E-state index is 13.5. The van der Waals surface area contributed by atoms with Crippen molar-refractivity contribution in [2.75, 3.05) is 0 Å². The van der Waals surface area contributed by atoms with Gasteiger partial charge in [-0.3, -0.25) is 9.78 Å². The van der Waals surface area contributed by atoms with Gasteiger partial charge in [-0.1, -0.05) is 12.7 Å². The van der Waals surface area contributed by atoms with Gasteiger partial charge in [-0.15, -0.1) is 11.3 Å². The predicted octanol–water partition coefficient (Wildman–Crippen LogP) is 3.85. The normalized spacial score (nSPS) is 12.9. The van der Waals surface area contributed by atoms with E-state index >= 15 is 0 Å². The van der Waals surface area contributed by atoms with Crippen LogP contribution in [0.3, 0.4) is 0 Å². The standard InChI is InChI=1S/C23H19FN6S/c1-13(15-11-26-30(3)12-15)4-5-18-14(2)22(29-28-18)19-10-17-16(8-9-25-23(17)27-19)20-6-7-21(24)31-20/h4-12,28H,2H2,1,3H3,(H,25,27)/b13-4+,18-5+. The summed E-state index contributed by atoms with van der Waals surface area (Å²) in [6.07, 6.45) is 9.49. The van der Waals surface area contributed by atoms with E-state index in [1.807, 2.05) is 50.6 Å². The number of hydrogen-bond donors (Lipinski definition) is 2. The van der Waals surface area contributed by atoms with E-state index in [9.17, 15) is 4.39 Å². The van der Waals surface area contributed by atoms with Gasteiger partial charge in [0.25, 0.3) is 0 Å². The Labute approximate surface area is 181 Å². The van der Waals surface area contributed by atoms with Crippen molar-refractivity contribution in [3.05, 3.63) is 70.2 Å². The zero-order chi connectivity index (χ0) is 21.5. The highest BCUT2D eigenvalue weighted by atomic mass is 32.1. The monoisotopic (exact) mass is 430 g/mol. The Bertz CT molecular complexity index is 1550. The summed E-state index contributed by atoms with van der Waals surface area (Å²) >= 11 is 1.12. The van der Waals surface area contributed by atoms with E-state index in [-0.39, 0.29) is 5.13 Å². The summed E-state index contributed by atoms with van der Waals surface area (Å²) in [4.78, 5) is 8.60. The molecule has 31 heavy (non-hydrogen) atoms. The largest absolute Gasteiger partial charge is 0.338 e. The number of hydrogen-bond acceptors (Lipinski definition) is 4. The third-order valence-corrected chi connectivity index (χ3v) is 6.09. The van der Waals surface area contributed by atoms with Gasteiger partial charge >= 0.3 is 0 Å². The van der Waals surface area contributed by atoms with Crippen molar-refractivity contribution in [2.45, 2.75) is 6.92 Å². The third kappa shape index (κ3) is 3.51. The van der Waals surface area contributed by atoms with Crippen molar-refractivity contribution in [3.8, 4) is 21.8 Å². The summed E-state index contributed by atoms with van der Waals surface area (Å²) in [6.45, 7) is 6.24. The van der Waals surface area contributed by atoms with Crippen LogP contribution in [0.15, 0.2) is 48.9 Å². The second-order valence-electron chi connectivity index (χ2n) is 7.29. The minimum absolute atomic E-state index is 0.210. The van der Waals surface area contributed by atoms with Crippen LogP contribution in [-0.4, -0.2) is 29.9 Å². The molecular formula is C23H19FN6S. The molecule has 0 aliphatic carbocycles. The highest BCUT2D eigenvalue weighted by molar-refractivity contribution is 7.14. The molecule has 5 heterocycles. The van der Waals surface area contributed by atoms with E-state index in [2.05, 4.69) is 31.8 Å². The van der Waals surface area contributed by atoms with Crippen LogP contribution >= 0.6 is 11.3 Å². The summed E-state index contributed by atoms with van der Waals surface area (Å²) in [5.41, 5.74) is 5.33. The molecule has 0 aromatic carbocycles. The number of allylic oxidation sites excluding steroid dienone is 2. The molecule has 154 valence electrons. The van der Waals surface area contributed by atoms with Crippen LogP contribution < -0.4 is 10.6 Å². The van der Waals surface area contributed by atoms with Crippen LogP contribution in [0.4, 0.5) is 4.39 Å². The van der Waals surface area contributed by atoms with Gasteiger partial charge in [-0.05, 0) is 42.8 Å². The minimum atomic E-state index is -0.210. The first-order valence-electron chi connectivity index (χ1n) is 9.64. The molecule has 0 aliphatic heterocycles. The van der Waals surface area contributed by atoms with Crippen LogP contribution in [0.5, 0.6) is 0 Å². The number of H-pyrrole nitrogens is 2. The Morgan fingerprint density at radius 3 is 2.90 bits per heavy atom. The van der Waals surface area contributed by atoms with Crippen molar-refractivity contribution in [1.82, 2.24) is 29.9 Å². The Morgan fingerprint density at radius 1 is 1.29 bits per heavy atom. The number of halogens is 1. The lowest BCUT2D eigenvalue weighted by Gasteiger charge is -1.98. The minimum Gasteiger partial charge on any atom is -0.338 e. The van der Waals surface area contributed by atoms with Crippen LogP contribution in [0.1, 0.15) is 12.5 Å². The molecule has 0 saturated carbocycles. The lowest BCUT2D eigenvalue weighted by Crippen LogP contribution is -2.21. The van der Waals surface area contributed by atoms with Gasteiger partial charge < -0.3 is 4.98 Å². The molecule has 0 saturated heterocycles. The van der Waals surface area contributed by atoms with Gasteiger partial charge in [-0.25, -0.2) is 4.98 Å². The molecule has 6 nitrogen and oxygen atoms in total. The molecule has 0 atom stereocenters. The Hall–Kier alpha value is -3.78. The molecule has 5 aromatic rings. The molecular weight excluding hydrogens is 411 g/mol. The molecule has 0 unspecified atom stereocenters. The van der Waals surface area contributed by atoms with Gasteiger partial charge in [-0.2, -0.15) is 14.6 Å². The van der Waals surface area contributed by atoms with E-state index < -0.39 is 0 Å². The molecule has 2 N–H and O–H groups in total. The number of thiophene rings is 1. The van der Waals surface area contributed by atoms with Crippen molar-refractivity contribution < 1.29 is 4.39 Å². The van der Waals surface area contributed by atoms with Gasteiger partial charge in [0.15, 0.2) is 5.13 Å². The van der Waals surface area contributed by atoms with E-state index in [1.165, 1.54) is 6.07 Å². The summed E-state index contributed by atoms with van der Waals surface area (Å²) in [5.74, 6) is 0. The molecule has 8 heteroatoms. The topological polar surface area (TPSA) is 75.2 Å². The number of aryl methyl sites for hydroxylation is 1. The van der Waals surface area contributed by atoms with Crippen LogP contribution in [0.2, 0.25) is 0 Å². The van der Waals surface area contributed by atoms with Crippen LogP contribution in [-0.2, 0) is 7.05 Å². The summed E-state index contributed by atoms with van der Waals surface area (Å²) < 4.78 is 15.3. The predicted molar refractivity (Wildman–Crippen MR) is 123 cm³/mol. The smallest absolute Gasteiger partial charge is 0.176 e. The summed E-state index contributed by atoms with van der Waals surface area (Å²) in [5, 5.41) is 14.0. The molecule has 0 bridgehead atoms. The van der Waals surface area contributed by atoms with Crippen LogP contribution in [0.25, 0.3) is 51.1 Å². The van der Waals surface area contributed by atoms with Gasteiger partial charge in [0, 0.05) is 46.1 Å². The Kier molecular flexibility index (Phi) is 4.63. The van der Waals surface area contributed by atoms with Gasteiger partial charge in [0.05, 0.1) is 17.2 Å². The van der Waals surface area contributed by atoms with Crippen molar-refractivity contribution in [2.24, 2.45) is 7.05 Å². The molecule has 0 amide bonds. The number of nitrogens with zero attached hydrogens (tertiary/aromatic N) is 4. The number of pyridine rings is 1. The maximum absolute atomic E-state index is 13.5. The molecule has 5 rings (SSSR count). The summed E-state index contributed by atoms with van der Waals surface area (Å²) in [7, 11) is 1.89. The second kappa shape index (κ2) is 7.48. The Morgan fingerprint density at radius 2 is 2.16 bits per heavy atom. The van der Waals surface area contributed by atoms with E-state index in [0.29, 0.717) is 0 Å². The lowest BCUT2D eigenvalue weighted by atomic mass is 10.1. The van der Waals surface area contributed by atoms with Crippen molar-refractivity contribution in [1.29, 1.82) is 0 Å². The number of aromatic amines is 2. The van der Waals surface area contributed by atoms with E-state index in [1.54, 1.807) is 16.9 Å². The molecule has 0 aliphatic rings. The summed E-state index contributed by atoms with van der Waals surface area (Å²) in [6, 6.07) is 7.14. The van der Waals surface area contributed by atoms with Crippen molar-refractivity contribution >= 4 is 40.6 Å². The zero-order valence-electron chi connectivity index (χ0n) is 17.0. The highest BCUT2D eigenvalue weighted by Gasteiger charge is 2.13. The second-order valence-corrected chi connectivity index (χ2v) is 8.32. The van der Waals surface area contributed by atoms with Gasteiger partial charge in [0.2, 0.25) is 0 Å². The maximum Gasteiger partial charge on any atom is 0.176 e. The number of nitrogens with one attached hydrogen (secondary N) is 2. The number of fused-ring (bicyclic) bond motifs is 1. The highest BCUT2D eigenvalue weighted by Crippen LogP contribution is 2.33. The Balaban J connectivity index is 1.55. The van der Waals surface area contributed by atoms with E-state index in [4.69, 9.17) is 0 Å². The average molecular weight is 431 g/mol. The fourth-order valence-corrected chi connectivity index (χ4v) is 4.27. The first kappa shape index (κ1) is 19.2. The molecule has 0 spiro atoms. The number of aromatic nitrogens is 6. The first-order valence-corrected chi connectivity index (χ1v) is 10.5. The lowest BCUT2D eigenvalue weighted by molar-refractivity contribution is 0.657. The van der Waals surface area contributed by atoms with Gasteiger partial charge in [0.1, 0.15) is 11.3 Å². The third-order valence-electron chi connectivity index (χ3n) is 5.18. The average Bonchev–Trinajstić information content (AvgIpc) is 3.53. The molecule has 0 fully saturated rings. The quantitative estimate of drug-likeness (QED) is 0.455. The fourth-order valence-electron chi connectivity index (χ4n) is 3.50. The van der Waals surface area contributed by atoms with E-state index in [0.717, 1.165) is 65.9 Å². The zero-order valence-corrected chi connectivity index (χ0v) is 17.8. The van der Waals surface area contributed by atoms with Crippen LogP contribution in [0, 0.1) is 5.13 Å². The van der Waals surface area contributed by atoms with Crippen molar-refractivity contribution in [3.63, 3.8) is 0 Å². The number of rotatable bonds is 4.